The minimum absolute atomic E-state index is 0.0203. The molecule has 0 atom stereocenters. The standard InChI is InChI=1S/C23H17IN3O2/c1-23(2)20(19(14-27)22(29-23)16(12-25)13-26)11-15-10-17(8-9-24-3)28-21-7-5-4-6-18(15)21/h4-11H,1-3H3/q-1/b9-8+,15-11+. The van der Waals surface area contributed by atoms with E-state index in [1.54, 1.807) is 0 Å². The van der Waals surface area contributed by atoms with E-state index in [1.807, 2.05) is 68.5 Å². The number of hydrogen-bond donors (Lipinski definition) is 0. The fourth-order valence-electron chi connectivity index (χ4n) is 3.11. The number of nitrogens with zero attached hydrogens (tertiary/aromatic N) is 3. The van der Waals surface area contributed by atoms with Crippen molar-refractivity contribution in [3.05, 3.63) is 80.4 Å². The van der Waals surface area contributed by atoms with Gasteiger partial charge >= 0.3 is 181 Å². The third-order valence-corrected chi connectivity index (χ3v) is 5.52. The molecule has 0 aromatic heterocycles. The van der Waals surface area contributed by atoms with Crippen molar-refractivity contribution in [1.82, 2.24) is 0 Å². The molecule has 5 nitrogen and oxygen atoms in total. The predicted octanol–water partition coefficient (Wildman–Crippen LogP) is 1.51. The van der Waals surface area contributed by atoms with Gasteiger partial charge in [0.1, 0.15) is 0 Å². The second-order valence-corrected chi connectivity index (χ2v) is 8.66. The molecule has 1 aromatic carbocycles. The monoisotopic (exact) mass is 494 g/mol. The van der Waals surface area contributed by atoms with Crippen molar-refractivity contribution in [1.29, 1.82) is 15.8 Å². The predicted molar refractivity (Wildman–Crippen MR) is 104 cm³/mol. The van der Waals surface area contributed by atoms with Crippen LogP contribution in [-0.4, -0.2) is 10.5 Å². The number of hydrogen-bond acceptors (Lipinski definition) is 5. The van der Waals surface area contributed by atoms with Gasteiger partial charge in [0.15, 0.2) is 0 Å². The molecule has 0 saturated heterocycles. The molecule has 0 unspecified atom stereocenters. The zero-order valence-corrected chi connectivity index (χ0v) is 18.3. The summed E-state index contributed by atoms with van der Waals surface area (Å²) in [7, 11) is 0. The molecule has 0 radical (unpaired) electrons. The van der Waals surface area contributed by atoms with Crippen LogP contribution >= 0.6 is 0 Å². The number of alkyl halides is 1. The third-order valence-electron chi connectivity index (χ3n) is 4.44. The summed E-state index contributed by atoms with van der Waals surface area (Å²) in [5.41, 5.74) is 1.52. The maximum absolute atomic E-state index is 9.75. The first kappa shape index (κ1) is 20.5. The van der Waals surface area contributed by atoms with Crippen molar-refractivity contribution in [2.75, 3.05) is 4.93 Å². The Morgan fingerprint density at radius 1 is 1.14 bits per heavy atom. The summed E-state index contributed by atoms with van der Waals surface area (Å²) >= 11 is -0.0203. The average molecular weight is 494 g/mol. The van der Waals surface area contributed by atoms with E-state index < -0.39 is 5.60 Å². The van der Waals surface area contributed by atoms with Gasteiger partial charge in [0.25, 0.3) is 0 Å². The number of nitriles is 3. The average Bonchev–Trinajstić information content (AvgIpc) is 2.97. The van der Waals surface area contributed by atoms with Crippen LogP contribution in [0.4, 0.5) is 0 Å². The van der Waals surface area contributed by atoms with Gasteiger partial charge in [-0.05, 0) is 0 Å². The summed E-state index contributed by atoms with van der Waals surface area (Å²) in [4.78, 5) is 2.15. The summed E-state index contributed by atoms with van der Waals surface area (Å²) in [6, 6.07) is 13.4. The Morgan fingerprint density at radius 3 is 2.52 bits per heavy atom. The van der Waals surface area contributed by atoms with E-state index in [0.717, 1.165) is 22.6 Å². The van der Waals surface area contributed by atoms with E-state index in [0.29, 0.717) is 5.57 Å². The quantitative estimate of drug-likeness (QED) is 0.361. The van der Waals surface area contributed by atoms with Crippen LogP contribution in [0.5, 0.6) is 5.75 Å². The van der Waals surface area contributed by atoms with E-state index in [9.17, 15) is 15.8 Å². The van der Waals surface area contributed by atoms with E-state index >= 15 is 0 Å². The van der Waals surface area contributed by atoms with Crippen LogP contribution in [0.2, 0.25) is 0 Å². The van der Waals surface area contributed by atoms with Gasteiger partial charge in [-0.1, -0.05) is 0 Å². The Hall–Kier alpha value is -3.28. The topological polar surface area (TPSA) is 89.8 Å². The molecule has 2 heterocycles. The SMILES string of the molecule is C[I-]/C=C/C1=CC(=C\C2=C(C#N)C(=C(C#N)C#N)OC2(C)C)/c2ccccc2O1. The first-order chi connectivity index (χ1) is 13.9. The number of allylic oxidation sites excluding steroid dienone is 5. The molecule has 0 spiro atoms. The van der Waals surface area contributed by atoms with Gasteiger partial charge in [-0.3, -0.25) is 0 Å². The number of halogens is 1. The van der Waals surface area contributed by atoms with Crippen molar-refractivity contribution in [2.45, 2.75) is 19.4 Å². The fraction of sp³-hybridized carbons (Fsp3) is 0.174. The van der Waals surface area contributed by atoms with Crippen LogP contribution in [0, 0.1) is 34.0 Å². The van der Waals surface area contributed by atoms with Crippen molar-refractivity contribution in [2.24, 2.45) is 0 Å². The molecular formula is C23H17IN3O2-. The summed E-state index contributed by atoms with van der Waals surface area (Å²) in [5.74, 6) is 1.49. The summed E-state index contributed by atoms with van der Waals surface area (Å²) in [6.45, 7) is 3.63. The first-order valence-electron chi connectivity index (χ1n) is 8.69. The van der Waals surface area contributed by atoms with Gasteiger partial charge in [0.05, 0.1) is 0 Å². The van der Waals surface area contributed by atoms with Gasteiger partial charge in [-0.2, -0.15) is 0 Å². The number of fused-ring (bicyclic) bond motifs is 1. The molecule has 144 valence electrons. The Kier molecular flexibility index (Phi) is 5.92. The van der Waals surface area contributed by atoms with Gasteiger partial charge in [-0.15, -0.1) is 0 Å². The summed E-state index contributed by atoms with van der Waals surface area (Å²) < 4.78 is 14.0. The Labute approximate surface area is 180 Å². The molecule has 2 aliphatic heterocycles. The molecule has 0 saturated carbocycles. The molecule has 0 fully saturated rings. The van der Waals surface area contributed by atoms with Crippen LogP contribution in [0.15, 0.2) is 74.8 Å². The summed E-state index contributed by atoms with van der Waals surface area (Å²) in [6.07, 6.45) is 5.77. The number of rotatable bonds is 3. The molecule has 0 N–H and O–H groups in total. The second kappa shape index (κ2) is 8.39. The molecule has 0 aliphatic carbocycles. The zero-order chi connectivity index (χ0) is 21.0. The van der Waals surface area contributed by atoms with Crippen LogP contribution < -0.4 is 25.9 Å². The Balaban J connectivity index is 2.25. The Morgan fingerprint density at radius 2 is 1.86 bits per heavy atom. The summed E-state index contributed by atoms with van der Waals surface area (Å²) in [5, 5.41) is 28.2. The molecule has 1 aromatic rings. The van der Waals surface area contributed by atoms with E-state index in [2.05, 4.69) is 15.1 Å². The maximum atomic E-state index is 9.75. The van der Waals surface area contributed by atoms with Crippen molar-refractivity contribution >= 4 is 5.57 Å². The van der Waals surface area contributed by atoms with E-state index in [-0.39, 0.29) is 38.1 Å². The molecule has 3 rings (SSSR count). The molecular weight excluding hydrogens is 477 g/mol. The first-order valence-corrected chi connectivity index (χ1v) is 12.1. The van der Waals surface area contributed by atoms with Gasteiger partial charge in [0.2, 0.25) is 0 Å². The van der Waals surface area contributed by atoms with Crippen molar-refractivity contribution < 1.29 is 30.7 Å². The van der Waals surface area contributed by atoms with Gasteiger partial charge in [0, 0.05) is 0 Å². The fourth-order valence-corrected chi connectivity index (χ4v) is 3.82. The molecule has 0 amide bonds. The van der Waals surface area contributed by atoms with Crippen LogP contribution in [-0.2, 0) is 4.74 Å². The zero-order valence-electron chi connectivity index (χ0n) is 16.2. The van der Waals surface area contributed by atoms with Crippen molar-refractivity contribution in [3.63, 3.8) is 0 Å². The minimum atomic E-state index is -0.863. The molecule has 6 heteroatoms. The van der Waals surface area contributed by atoms with Crippen LogP contribution in [0.25, 0.3) is 5.57 Å². The van der Waals surface area contributed by atoms with Crippen LogP contribution in [0.1, 0.15) is 19.4 Å². The third kappa shape index (κ3) is 3.97. The van der Waals surface area contributed by atoms with Crippen LogP contribution in [0.3, 0.4) is 0 Å². The number of para-hydroxylation sites is 1. The van der Waals surface area contributed by atoms with Crippen molar-refractivity contribution in [3.8, 4) is 24.0 Å². The van der Waals surface area contributed by atoms with Gasteiger partial charge < -0.3 is 0 Å². The molecule has 29 heavy (non-hydrogen) atoms. The second-order valence-electron chi connectivity index (χ2n) is 6.70. The Bertz CT molecular complexity index is 1130. The molecule has 0 bridgehead atoms. The normalized spacial score (nSPS) is 18.4. The van der Waals surface area contributed by atoms with E-state index in [4.69, 9.17) is 9.47 Å². The number of benzene rings is 1. The van der Waals surface area contributed by atoms with Gasteiger partial charge in [-0.25, -0.2) is 0 Å². The molecule has 2 aliphatic rings. The van der Waals surface area contributed by atoms with E-state index in [1.165, 1.54) is 0 Å². The number of ether oxygens (including phenoxy) is 2.